The number of halogens is 3. The average Bonchev–Trinajstić information content (AvgIpc) is 3.26. The van der Waals surface area contributed by atoms with Gasteiger partial charge in [0.05, 0.1) is 6.54 Å². The molecule has 116 valence electrons. The van der Waals surface area contributed by atoms with Crippen LogP contribution in [0.2, 0.25) is 0 Å². The predicted molar refractivity (Wildman–Crippen MR) is 72.8 cm³/mol. The lowest BCUT2D eigenvalue weighted by atomic mass is 10.4. The lowest BCUT2D eigenvalue weighted by molar-refractivity contribution is -0.141. The number of aliphatic imine (C=N–C) groups is 1. The van der Waals surface area contributed by atoms with Gasteiger partial charge in [0.25, 0.3) is 0 Å². The third-order valence-electron chi connectivity index (χ3n) is 3.07. The quantitative estimate of drug-likeness (QED) is 0.487. The summed E-state index contributed by atoms with van der Waals surface area (Å²) in [5, 5.41) is 2.69. The topological polar surface area (TPSA) is 79.4 Å². The van der Waals surface area contributed by atoms with Crippen molar-refractivity contribution in [3.8, 4) is 0 Å². The van der Waals surface area contributed by atoms with E-state index in [2.05, 4.69) is 20.3 Å². The average molecular weight is 302 g/mol. The van der Waals surface area contributed by atoms with Gasteiger partial charge >= 0.3 is 6.18 Å². The Balaban J connectivity index is 1.82. The molecule has 9 heteroatoms. The molecule has 0 spiro atoms. The van der Waals surface area contributed by atoms with E-state index < -0.39 is 11.9 Å². The summed E-state index contributed by atoms with van der Waals surface area (Å²) < 4.78 is 37.4. The van der Waals surface area contributed by atoms with E-state index in [9.17, 15) is 13.2 Å². The number of nitrogens with two attached hydrogens (primary N) is 1. The van der Waals surface area contributed by atoms with Gasteiger partial charge in [-0.1, -0.05) is 0 Å². The Hall–Kier alpha value is -2.06. The Morgan fingerprint density at radius 1 is 1.52 bits per heavy atom. The molecule has 6 nitrogen and oxygen atoms in total. The molecule has 1 aliphatic rings. The standard InChI is InChI=1S/C12H17F3N6/c1-21(8-2-3-8)10(16)17-6-7-19-11-18-5-4-9(20-11)12(13,14)15/h4-5,8H,2-3,6-7H2,1H3,(H2,16,17)(H,18,19,20). The predicted octanol–water partition coefficient (Wildman–Crippen LogP) is 1.32. The number of hydrogen-bond donors (Lipinski definition) is 2. The molecule has 0 atom stereocenters. The van der Waals surface area contributed by atoms with Crippen LogP contribution in [0, 0.1) is 0 Å². The molecule has 1 aliphatic carbocycles. The fourth-order valence-corrected chi connectivity index (χ4v) is 1.70. The number of aromatic nitrogens is 2. The minimum Gasteiger partial charge on any atom is -0.370 e. The number of anilines is 1. The smallest absolute Gasteiger partial charge is 0.370 e. The Morgan fingerprint density at radius 2 is 2.24 bits per heavy atom. The van der Waals surface area contributed by atoms with Gasteiger partial charge in [-0.3, -0.25) is 4.99 Å². The maximum Gasteiger partial charge on any atom is 0.433 e. The van der Waals surface area contributed by atoms with E-state index in [1.165, 1.54) is 0 Å². The fourth-order valence-electron chi connectivity index (χ4n) is 1.70. The SMILES string of the molecule is CN(C(N)=NCCNc1nccc(C(F)(F)F)n1)C1CC1. The van der Waals surface area contributed by atoms with Gasteiger partial charge in [0.1, 0.15) is 5.69 Å². The van der Waals surface area contributed by atoms with Gasteiger partial charge in [-0.05, 0) is 18.9 Å². The van der Waals surface area contributed by atoms with E-state index in [1.54, 1.807) is 0 Å². The van der Waals surface area contributed by atoms with Crippen LogP contribution in [-0.2, 0) is 6.18 Å². The van der Waals surface area contributed by atoms with Gasteiger partial charge in [0.15, 0.2) is 5.96 Å². The molecule has 3 N–H and O–H groups in total. The number of alkyl halides is 3. The van der Waals surface area contributed by atoms with E-state index >= 15 is 0 Å². The zero-order valence-electron chi connectivity index (χ0n) is 11.6. The van der Waals surface area contributed by atoms with Crippen molar-refractivity contribution in [1.82, 2.24) is 14.9 Å². The summed E-state index contributed by atoms with van der Waals surface area (Å²) in [5.41, 5.74) is 4.81. The highest BCUT2D eigenvalue weighted by Gasteiger charge is 2.32. The maximum atomic E-state index is 12.5. The van der Waals surface area contributed by atoms with Crippen LogP contribution in [0.5, 0.6) is 0 Å². The van der Waals surface area contributed by atoms with Gasteiger partial charge in [-0.2, -0.15) is 13.2 Å². The van der Waals surface area contributed by atoms with Crippen molar-refractivity contribution in [2.24, 2.45) is 10.7 Å². The molecule has 1 fully saturated rings. The molecule has 21 heavy (non-hydrogen) atoms. The molecule has 1 aromatic heterocycles. The maximum absolute atomic E-state index is 12.5. The molecule has 0 aliphatic heterocycles. The second-order valence-electron chi connectivity index (χ2n) is 4.77. The van der Waals surface area contributed by atoms with E-state index in [-0.39, 0.29) is 5.95 Å². The van der Waals surface area contributed by atoms with Crippen LogP contribution in [-0.4, -0.2) is 47.0 Å². The van der Waals surface area contributed by atoms with Crippen molar-refractivity contribution in [3.05, 3.63) is 18.0 Å². The monoisotopic (exact) mass is 302 g/mol. The summed E-state index contributed by atoms with van der Waals surface area (Å²) in [6, 6.07) is 1.29. The summed E-state index contributed by atoms with van der Waals surface area (Å²) in [6.45, 7) is 0.642. The van der Waals surface area contributed by atoms with E-state index in [4.69, 9.17) is 5.73 Å². The van der Waals surface area contributed by atoms with Gasteiger partial charge < -0.3 is 16.0 Å². The summed E-state index contributed by atoms with van der Waals surface area (Å²) in [7, 11) is 1.87. The van der Waals surface area contributed by atoms with E-state index in [0.29, 0.717) is 25.1 Å². The van der Waals surface area contributed by atoms with Crippen LogP contribution >= 0.6 is 0 Å². The van der Waals surface area contributed by atoms with E-state index in [1.807, 2.05) is 11.9 Å². The molecule has 2 rings (SSSR count). The second-order valence-corrected chi connectivity index (χ2v) is 4.77. The van der Waals surface area contributed by atoms with Crippen LogP contribution < -0.4 is 11.1 Å². The zero-order valence-corrected chi connectivity index (χ0v) is 11.6. The first-order valence-corrected chi connectivity index (χ1v) is 6.55. The van der Waals surface area contributed by atoms with Crippen molar-refractivity contribution in [2.45, 2.75) is 25.1 Å². The van der Waals surface area contributed by atoms with E-state index in [0.717, 1.165) is 25.1 Å². The minimum atomic E-state index is -4.48. The first-order valence-electron chi connectivity index (χ1n) is 6.55. The lowest BCUT2D eigenvalue weighted by Crippen LogP contribution is -2.36. The summed E-state index contributed by atoms with van der Waals surface area (Å²) in [6.07, 6.45) is -1.18. The Labute approximate surface area is 120 Å². The van der Waals surface area contributed by atoms with Crippen molar-refractivity contribution in [3.63, 3.8) is 0 Å². The molecule has 0 aromatic carbocycles. The molecule has 1 heterocycles. The molecule has 0 radical (unpaired) electrons. The van der Waals surface area contributed by atoms with Gasteiger partial charge in [-0.15, -0.1) is 0 Å². The molecule has 0 unspecified atom stereocenters. The minimum absolute atomic E-state index is 0.0749. The summed E-state index contributed by atoms with van der Waals surface area (Å²) in [5.74, 6) is 0.360. The molecule has 1 saturated carbocycles. The number of nitrogens with one attached hydrogen (secondary N) is 1. The number of hydrogen-bond acceptors (Lipinski definition) is 4. The first-order chi connectivity index (χ1) is 9.88. The molecule has 1 aromatic rings. The Kier molecular flexibility index (Phi) is 4.49. The van der Waals surface area contributed by atoms with Crippen LogP contribution in [0.4, 0.5) is 19.1 Å². The van der Waals surface area contributed by atoms with Crippen LogP contribution in [0.15, 0.2) is 17.3 Å². The zero-order chi connectivity index (χ0) is 15.5. The number of rotatable bonds is 5. The molecular formula is C12H17F3N6. The highest BCUT2D eigenvalue weighted by atomic mass is 19.4. The Morgan fingerprint density at radius 3 is 2.86 bits per heavy atom. The lowest BCUT2D eigenvalue weighted by Gasteiger charge is -2.16. The largest absolute Gasteiger partial charge is 0.433 e. The third kappa shape index (κ3) is 4.47. The molecule has 0 amide bonds. The summed E-state index contributed by atoms with van der Waals surface area (Å²) >= 11 is 0. The van der Waals surface area contributed by atoms with Crippen molar-refractivity contribution < 1.29 is 13.2 Å². The van der Waals surface area contributed by atoms with Crippen molar-refractivity contribution in [2.75, 3.05) is 25.5 Å². The summed E-state index contributed by atoms with van der Waals surface area (Å²) in [4.78, 5) is 13.2. The molecular weight excluding hydrogens is 285 g/mol. The van der Waals surface area contributed by atoms with Crippen LogP contribution in [0.1, 0.15) is 18.5 Å². The number of guanidine groups is 1. The highest BCUT2D eigenvalue weighted by Crippen LogP contribution is 2.27. The van der Waals surface area contributed by atoms with Crippen molar-refractivity contribution >= 4 is 11.9 Å². The van der Waals surface area contributed by atoms with Crippen LogP contribution in [0.25, 0.3) is 0 Å². The van der Waals surface area contributed by atoms with Crippen molar-refractivity contribution in [1.29, 1.82) is 0 Å². The normalized spacial score (nSPS) is 15.9. The van der Waals surface area contributed by atoms with Gasteiger partial charge in [0, 0.05) is 25.8 Å². The van der Waals surface area contributed by atoms with Gasteiger partial charge in [0.2, 0.25) is 5.95 Å². The highest BCUT2D eigenvalue weighted by molar-refractivity contribution is 5.78. The van der Waals surface area contributed by atoms with Crippen LogP contribution in [0.3, 0.4) is 0 Å². The van der Waals surface area contributed by atoms with Gasteiger partial charge in [-0.25, -0.2) is 9.97 Å². The first kappa shape index (κ1) is 15.3. The fraction of sp³-hybridized carbons (Fsp3) is 0.583. The molecule has 0 bridgehead atoms. The second kappa shape index (κ2) is 6.15. The third-order valence-corrected chi connectivity index (χ3v) is 3.07. The molecule has 0 saturated heterocycles. The Bertz CT molecular complexity index is 512. The number of nitrogens with zero attached hydrogens (tertiary/aromatic N) is 4.